The van der Waals surface area contributed by atoms with Crippen molar-refractivity contribution in [3.8, 4) is 0 Å². The van der Waals surface area contributed by atoms with Crippen molar-refractivity contribution in [1.29, 1.82) is 0 Å². The van der Waals surface area contributed by atoms with Crippen LogP contribution in [0, 0.1) is 6.92 Å². The Bertz CT molecular complexity index is 440. The molecule has 0 saturated heterocycles. The Labute approximate surface area is 89.6 Å². The van der Waals surface area contributed by atoms with E-state index in [2.05, 4.69) is 11.1 Å². The quantitative estimate of drug-likeness (QED) is 0.782. The molecule has 3 heteroatoms. The van der Waals surface area contributed by atoms with E-state index in [0.29, 0.717) is 6.54 Å². The van der Waals surface area contributed by atoms with Gasteiger partial charge in [-0.15, -0.1) is 12.4 Å². The summed E-state index contributed by atoms with van der Waals surface area (Å²) in [5.41, 5.74) is 8.88. The Morgan fingerprint density at radius 1 is 1.29 bits per heavy atom. The first-order valence-electron chi connectivity index (χ1n) is 4.36. The summed E-state index contributed by atoms with van der Waals surface area (Å²) in [5.74, 6) is 0. The highest BCUT2D eigenvalue weighted by molar-refractivity contribution is 5.85. The van der Waals surface area contributed by atoms with Crippen LogP contribution in [-0.2, 0) is 6.54 Å². The van der Waals surface area contributed by atoms with Crippen LogP contribution in [0.15, 0.2) is 30.3 Å². The van der Waals surface area contributed by atoms with Crippen molar-refractivity contribution < 1.29 is 0 Å². The Kier molecular flexibility index (Phi) is 3.44. The number of pyridine rings is 1. The van der Waals surface area contributed by atoms with Crippen molar-refractivity contribution in [2.45, 2.75) is 13.5 Å². The maximum absolute atomic E-state index is 5.66. The van der Waals surface area contributed by atoms with Gasteiger partial charge >= 0.3 is 0 Å². The fraction of sp³-hybridized carbons (Fsp3) is 0.182. The standard InChI is InChI=1S/C11H12N2.ClH/c1-8-6-9(7-12)10-4-2-3-5-11(10)13-8;/h2-6H,7,12H2,1H3;1H. The number of rotatable bonds is 1. The number of para-hydroxylation sites is 1. The minimum atomic E-state index is 0. The van der Waals surface area contributed by atoms with E-state index in [4.69, 9.17) is 5.73 Å². The predicted octanol–water partition coefficient (Wildman–Crippen LogP) is 2.42. The van der Waals surface area contributed by atoms with Crippen LogP contribution >= 0.6 is 12.4 Å². The van der Waals surface area contributed by atoms with E-state index < -0.39 is 0 Å². The third-order valence-corrected chi connectivity index (χ3v) is 2.15. The minimum absolute atomic E-state index is 0. The number of nitrogens with zero attached hydrogens (tertiary/aromatic N) is 1. The third kappa shape index (κ3) is 1.86. The van der Waals surface area contributed by atoms with E-state index in [1.807, 2.05) is 31.2 Å². The van der Waals surface area contributed by atoms with Gasteiger partial charge in [0.1, 0.15) is 0 Å². The van der Waals surface area contributed by atoms with Crippen LogP contribution in [0.4, 0.5) is 0 Å². The van der Waals surface area contributed by atoms with E-state index in [1.165, 1.54) is 5.56 Å². The molecule has 74 valence electrons. The van der Waals surface area contributed by atoms with Crippen LogP contribution in [0.3, 0.4) is 0 Å². The van der Waals surface area contributed by atoms with Crippen molar-refractivity contribution in [3.05, 3.63) is 41.6 Å². The first kappa shape index (κ1) is 11.0. The van der Waals surface area contributed by atoms with E-state index in [0.717, 1.165) is 16.6 Å². The van der Waals surface area contributed by atoms with Gasteiger partial charge in [-0.2, -0.15) is 0 Å². The highest BCUT2D eigenvalue weighted by Gasteiger charge is 2.00. The van der Waals surface area contributed by atoms with Crippen molar-refractivity contribution >= 4 is 23.3 Å². The molecule has 2 N–H and O–H groups in total. The number of hydrogen-bond donors (Lipinski definition) is 1. The zero-order valence-corrected chi connectivity index (χ0v) is 8.84. The summed E-state index contributed by atoms with van der Waals surface area (Å²) >= 11 is 0. The number of aromatic nitrogens is 1. The zero-order chi connectivity index (χ0) is 9.26. The monoisotopic (exact) mass is 208 g/mol. The molecule has 0 atom stereocenters. The number of hydrogen-bond acceptors (Lipinski definition) is 2. The topological polar surface area (TPSA) is 38.9 Å². The number of halogens is 1. The van der Waals surface area contributed by atoms with Gasteiger partial charge in [0, 0.05) is 17.6 Å². The van der Waals surface area contributed by atoms with Crippen LogP contribution in [-0.4, -0.2) is 4.98 Å². The summed E-state index contributed by atoms with van der Waals surface area (Å²) in [4.78, 5) is 4.43. The molecule has 1 aromatic carbocycles. The number of fused-ring (bicyclic) bond motifs is 1. The van der Waals surface area contributed by atoms with Gasteiger partial charge in [0.2, 0.25) is 0 Å². The molecule has 0 aliphatic heterocycles. The summed E-state index contributed by atoms with van der Waals surface area (Å²) < 4.78 is 0. The van der Waals surface area contributed by atoms with Gasteiger partial charge in [0.15, 0.2) is 0 Å². The Morgan fingerprint density at radius 2 is 2.00 bits per heavy atom. The highest BCUT2D eigenvalue weighted by Crippen LogP contribution is 2.17. The van der Waals surface area contributed by atoms with E-state index in [1.54, 1.807) is 0 Å². The summed E-state index contributed by atoms with van der Waals surface area (Å²) in [6.07, 6.45) is 0. The number of benzene rings is 1. The lowest BCUT2D eigenvalue weighted by atomic mass is 10.1. The normalized spacial score (nSPS) is 9.86. The van der Waals surface area contributed by atoms with E-state index in [-0.39, 0.29) is 12.4 Å². The first-order chi connectivity index (χ1) is 6.31. The van der Waals surface area contributed by atoms with Crippen molar-refractivity contribution in [3.63, 3.8) is 0 Å². The van der Waals surface area contributed by atoms with Gasteiger partial charge in [0.25, 0.3) is 0 Å². The molecule has 0 saturated carbocycles. The second-order valence-electron chi connectivity index (χ2n) is 3.14. The molecule has 0 spiro atoms. The summed E-state index contributed by atoms with van der Waals surface area (Å²) in [5, 5.41) is 1.16. The molecule has 0 radical (unpaired) electrons. The highest BCUT2D eigenvalue weighted by atomic mass is 35.5. The van der Waals surface area contributed by atoms with E-state index >= 15 is 0 Å². The molecule has 0 fully saturated rings. The first-order valence-corrected chi connectivity index (χ1v) is 4.36. The predicted molar refractivity (Wildman–Crippen MR) is 61.6 cm³/mol. The number of aryl methyl sites for hydroxylation is 1. The summed E-state index contributed by atoms with van der Waals surface area (Å²) in [6, 6.07) is 10.1. The van der Waals surface area contributed by atoms with Crippen LogP contribution in [0.5, 0.6) is 0 Å². The molecule has 1 heterocycles. The largest absolute Gasteiger partial charge is 0.326 e. The Morgan fingerprint density at radius 3 is 2.71 bits per heavy atom. The summed E-state index contributed by atoms with van der Waals surface area (Å²) in [6.45, 7) is 2.56. The maximum Gasteiger partial charge on any atom is 0.0708 e. The minimum Gasteiger partial charge on any atom is -0.326 e. The fourth-order valence-corrected chi connectivity index (χ4v) is 1.56. The maximum atomic E-state index is 5.66. The molecule has 2 nitrogen and oxygen atoms in total. The number of nitrogens with two attached hydrogens (primary N) is 1. The molecule has 0 amide bonds. The van der Waals surface area contributed by atoms with Gasteiger partial charge < -0.3 is 5.73 Å². The molecule has 2 aromatic rings. The third-order valence-electron chi connectivity index (χ3n) is 2.15. The molecule has 0 unspecified atom stereocenters. The van der Waals surface area contributed by atoms with Gasteiger partial charge in [-0.25, -0.2) is 0 Å². The van der Waals surface area contributed by atoms with Gasteiger partial charge in [-0.1, -0.05) is 18.2 Å². The van der Waals surface area contributed by atoms with Crippen molar-refractivity contribution in [2.24, 2.45) is 5.73 Å². The lowest BCUT2D eigenvalue weighted by Crippen LogP contribution is -1.99. The second kappa shape index (κ2) is 4.40. The zero-order valence-electron chi connectivity index (χ0n) is 8.03. The molecule has 2 rings (SSSR count). The Hall–Kier alpha value is -1.12. The van der Waals surface area contributed by atoms with Crippen LogP contribution in [0.25, 0.3) is 10.9 Å². The molecule has 0 aliphatic rings. The van der Waals surface area contributed by atoms with Gasteiger partial charge in [0.05, 0.1) is 5.52 Å². The van der Waals surface area contributed by atoms with Gasteiger partial charge in [-0.05, 0) is 24.6 Å². The molecular formula is C11H13ClN2. The van der Waals surface area contributed by atoms with Crippen molar-refractivity contribution in [2.75, 3.05) is 0 Å². The molecule has 0 aliphatic carbocycles. The average molecular weight is 209 g/mol. The van der Waals surface area contributed by atoms with E-state index in [9.17, 15) is 0 Å². The fourth-order valence-electron chi connectivity index (χ4n) is 1.56. The lowest BCUT2D eigenvalue weighted by molar-refractivity contribution is 1.07. The van der Waals surface area contributed by atoms with Crippen LogP contribution in [0.1, 0.15) is 11.3 Å². The van der Waals surface area contributed by atoms with Crippen LogP contribution < -0.4 is 5.73 Å². The average Bonchev–Trinajstić information content (AvgIpc) is 2.16. The lowest BCUT2D eigenvalue weighted by Gasteiger charge is -2.04. The Balaban J connectivity index is 0.000000980. The SMILES string of the molecule is Cc1cc(CN)c2ccccc2n1.Cl. The molecule has 14 heavy (non-hydrogen) atoms. The smallest absolute Gasteiger partial charge is 0.0708 e. The molecule has 1 aromatic heterocycles. The van der Waals surface area contributed by atoms with Crippen molar-refractivity contribution in [1.82, 2.24) is 4.98 Å². The van der Waals surface area contributed by atoms with Gasteiger partial charge in [-0.3, -0.25) is 4.98 Å². The second-order valence-corrected chi connectivity index (χ2v) is 3.14. The molecular weight excluding hydrogens is 196 g/mol. The van der Waals surface area contributed by atoms with Crippen LogP contribution in [0.2, 0.25) is 0 Å². The summed E-state index contributed by atoms with van der Waals surface area (Å²) in [7, 11) is 0. The molecule has 0 bridgehead atoms.